The lowest BCUT2D eigenvalue weighted by Crippen LogP contribution is -2.27. The first kappa shape index (κ1) is 17.8. The highest BCUT2D eigenvalue weighted by molar-refractivity contribution is 5.94. The van der Waals surface area contributed by atoms with Gasteiger partial charge in [0.15, 0.2) is 0 Å². The molecule has 0 bridgehead atoms. The van der Waals surface area contributed by atoms with Crippen molar-refractivity contribution in [3.05, 3.63) is 70.8 Å². The van der Waals surface area contributed by atoms with E-state index in [2.05, 4.69) is 15.2 Å². The lowest BCUT2D eigenvalue weighted by atomic mass is 10.2. The van der Waals surface area contributed by atoms with E-state index >= 15 is 0 Å². The number of amides is 1. The Hall–Kier alpha value is -2.99. The summed E-state index contributed by atoms with van der Waals surface area (Å²) in [6.07, 6.45) is 2.41. The van der Waals surface area contributed by atoms with Crippen LogP contribution in [0.2, 0.25) is 0 Å². The molecule has 0 atom stereocenters. The van der Waals surface area contributed by atoms with E-state index in [0.717, 1.165) is 13.0 Å². The molecule has 2 aromatic carbocycles. The highest BCUT2D eigenvalue weighted by Crippen LogP contribution is 2.11. The molecule has 0 unspecified atom stereocenters. The molecule has 26 heavy (non-hydrogen) atoms. The summed E-state index contributed by atoms with van der Waals surface area (Å²) in [6, 6.07) is 14.2. The second-order valence-electron chi connectivity index (χ2n) is 6.40. The SMILES string of the molecule is CN(C)CCCNC(=O)c1ccc(-n2cnc3ccccc3c2=O)cc1. The third kappa shape index (κ3) is 3.97. The van der Waals surface area contributed by atoms with Gasteiger partial charge in [-0.15, -0.1) is 0 Å². The van der Waals surface area contributed by atoms with Gasteiger partial charge in [0.2, 0.25) is 0 Å². The van der Waals surface area contributed by atoms with Gasteiger partial charge in [-0.3, -0.25) is 14.2 Å². The van der Waals surface area contributed by atoms with Crippen LogP contribution in [0.1, 0.15) is 16.8 Å². The van der Waals surface area contributed by atoms with Crippen LogP contribution in [-0.2, 0) is 0 Å². The second-order valence-corrected chi connectivity index (χ2v) is 6.40. The number of fused-ring (bicyclic) bond motifs is 1. The molecule has 3 rings (SSSR count). The van der Waals surface area contributed by atoms with E-state index in [0.29, 0.717) is 28.7 Å². The van der Waals surface area contributed by atoms with Crippen LogP contribution in [0.5, 0.6) is 0 Å². The van der Waals surface area contributed by atoms with Crippen LogP contribution >= 0.6 is 0 Å². The van der Waals surface area contributed by atoms with Gasteiger partial charge in [0.25, 0.3) is 11.5 Å². The van der Waals surface area contributed by atoms with Gasteiger partial charge in [-0.05, 0) is 63.5 Å². The Morgan fingerprint density at radius 1 is 1.12 bits per heavy atom. The normalized spacial score (nSPS) is 11.0. The molecule has 1 N–H and O–H groups in total. The Labute approximate surface area is 152 Å². The van der Waals surface area contributed by atoms with Crippen LogP contribution < -0.4 is 10.9 Å². The van der Waals surface area contributed by atoms with Gasteiger partial charge in [-0.1, -0.05) is 12.1 Å². The molecule has 6 nitrogen and oxygen atoms in total. The van der Waals surface area contributed by atoms with Crippen molar-refractivity contribution in [2.45, 2.75) is 6.42 Å². The van der Waals surface area contributed by atoms with E-state index in [4.69, 9.17) is 0 Å². The first-order chi connectivity index (χ1) is 12.6. The molecule has 1 amide bonds. The van der Waals surface area contributed by atoms with Crippen molar-refractivity contribution in [2.24, 2.45) is 0 Å². The summed E-state index contributed by atoms with van der Waals surface area (Å²) in [5.41, 5.74) is 1.79. The third-order valence-corrected chi connectivity index (χ3v) is 4.14. The fraction of sp³-hybridized carbons (Fsp3) is 0.250. The Morgan fingerprint density at radius 3 is 2.58 bits per heavy atom. The first-order valence-electron chi connectivity index (χ1n) is 8.56. The molecule has 1 aromatic heterocycles. The largest absolute Gasteiger partial charge is 0.352 e. The zero-order valence-corrected chi connectivity index (χ0v) is 15.0. The minimum atomic E-state index is -0.128. The molecule has 0 radical (unpaired) electrons. The first-order valence-corrected chi connectivity index (χ1v) is 8.56. The predicted molar refractivity (Wildman–Crippen MR) is 103 cm³/mol. The zero-order valence-electron chi connectivity index (χ0n) is 15.0. The maximum atomic E-state index is 12.6. The van der Waals surface area contributed by atoms with Gasteiger partial charge in [-0.2, -0.15) is 0 Å². The van der Waals surface area contributed by atoms with Crippen molar-refractivity contribution in [3.8, 4) is 5.69 Å². The summed E-state index contributed by atoms with van der Waals surface area (Å²) in [5.74, 6) is -0.112. The average Bonchev–Trinajstić information content (AvgIpc) is 2.66. The van der Waals surface area contributed by atoms with Crippen LogP contribution in [0.25, 0.3) is 16.6 Å². The Bertz CT molecular complexity index is 961. The number of carbonyl (C=O) groups excluding carboxylic acids is 1. The molecule has 134 valence electrons. The molecule has 0 aliphatic heterocycles. The summed E-state index contributed by atoms with van der Waals surface area (Å²) < 4.78 is 1.49. The molecule has 0 saturated carbocycles. The number of rotatable bonds is 6. The summed E-state index contributed by atoms with van der Waals surface area (Å²) in [4.78, 5) is 31.2. The van der Waals surface area contributed by atoms with Gasteiger partial charge in [0.1, 0.15) is 6.33 Å². The predicted octanol–water partition coefficient (Wildman–Crippen LogP) is 2.07. The highest BCUT2D eigenvalue weighted by Gasteiger charge is 2.08. The molecule has 0 aliphatic rings. The number of aromatic nitrogens is 2. The van der Waals surface area contributed by atoms with E-state index in [1.54, 1.807) is 30.3 Å². The Balaban J connectivity index is 1.75. The van der Waals surface area contributed by atoms with E-state index in [1.165, 1.54) is 10.9 Å². The third-order valence-electron chi connectivity index (χ3n) is 4.14. The number of nitrogens with zero attached hydrogens (tertiary/aromatic N) is 3. The summed E-state index contributed by atoms with van der Waals surface area (Å²) in [7, 11) is 4.01. The van der Waals surface area contributed by atoms with Crippen molar-refractivity contribution in [3.63, 3.8) is 0 Å². The summed E-state index contributed by atoms with van der Waals surface area (Å²) in [5, 5.41) is 3.47. The lowest BCUT2D eigenvalue weighted by molar-refractivity contribution is 0.0952. The van der Waals surface area contributed by atoms with Gasteiger partial charge in [-0.25, -0.2) is 4.98 Å². The van der Waals surface area contributed by atoms with Crippen molar-refractivity contribution >= 4 is 16.8 Å². The highest BCUT2D eigenvalue weighted by atomic mass is 16.1. The van der Waals surface area contributed by atoms with E-state index in [-0.39, 0.29) is 11.5 Å². The van der Waals surface area contributed by atoms with Crippen molar-refractivity contribution in [1.82, 2.24) is 19.8 Å². The molecular formula is C20H22N4O2. The van der Waals surface area contributed by atoms with Crippen LogP contribution in [0.4, 0.5) is 0 Å². The van der Waals surface area contributed by atoms with E-state index in [9.17, 15) is 9.59 Å². The second kappa shape index (κ2) is 7.93. The quantitative estimate of drug-likeness (QED) is 0.691. The van der Waals surface area contributed by atoms with E-state index < -0.39 is 0 Å². The molecule has 0 fully saturated rings. The number of hydrogen-bond acceptors (Lipinski definition) is 4. The summed E-state index contributed by atoms with van der Waals surface area (Å²) in [6.45, 7) is 1.56. The fourth-order valence-corrected chi connectivity index (χ4v) is 2.73. The van der Waals surface area contributed by atoms with Crippen LogP contribution in [0.3, 0.4) is 0 Å². The van der Waals surface area contributed by atoms with E-state index in [1.807, 2.05) is 32.3 Å². The van der Waals surface area contributed by atoms with Crippen molar-refractivity contribution in [1.29, 1.82) is 0 Å². The maximum absolute atomic E-state index is 12.6. The Kier molecular flexibility index (Phi) is 5.43. The standard InChI is InChI=1S/C20H22N4O2/c1-23(2)13-5-12-21-19(25)15-8-10-16(11-9-15)24-14-22-18-7-4-3-6-17(18)20(24)26/h3-4,6-11,14H,5,12-13H2,1-2H3,(H,21,25). The average molecular weight is 350 g/mol. The monoisotopic (exact) mass is 350 g/mol. The zero-order chi connectivity index (χ0) is 18.5. The lowest BCUT2D eigenvalue weighted by Gasteiger charge is -2.10. The molecule has 0 saturated heterocycles. The number of carbonyl (C=O) groups is 1. The van der Waals surface area contributed by atoms with Gasteiger partial charge < -0.3 is 10.2 Å². The molecule has 0 spiro atoms. The van der Waals surface area contributed by atoms with Crippen LogP contribution in [0.15, 0.2) is 59.7 Å². The topological polar surface area (TPSA) is 67.2 Å². The van der Waals surface area contributed by atoms with Gasteiger partial charge >= 0.3 is 0 Å². The van der Waals surface area contributed by atoms with Gasteiger partial charge in [0.05, 0.1) is 16.6 Å². The molecule has 0 aliphatic carbocycles. The van der Waals surface area contributed by atoms with Gasteiger partial charge in [0, 0.05) is 12.1 Å². The van der Waals surface area contributed by atoms with Crippen LogP contribution in [-0.4, -0.2) is 47.5 Å². The van der Waals surface area contributed by atoms with Crippen molar-refractivity contribution in [2.75, 3.05) is 27.2 Å². The minimum Gasteiger partial charge on any atom is -0.352 e. The number of benzene rings is 2. The fourth-order valence-electron chi connectivity index (χ4n) is 2.73. The molecule has 1 heterocycles. The van der Waals surface area contributed by atoms with Crippen molar-refractivity contribution < 1.29 is 4.79 Å². The maximum Gasteiger partial charge on any atom is 0.265 e. The smallest absolute Gasteiger partial charge is 0.265 e. The molecular weight excluding hydrogens is 328 g/mol. The minimum absolute atomic E-state index is 0.112. The number of nitrogens with one attached hydrogen (secondary N) is 1. The molecule has 3 aromatic rings. The number of para-hydroxylation sites is 1. The van der Waals surface area contributed by atoms with Crippen LogP contribution in [0, 0.1) is 0 Å². The number of hydrogen-bond donors (Lipinski definition) is 1. The Morgan fingerprint density at radius 2 is 1.85 bits per heavy atom. The molecule has 6 heteroatoms. The summed E-state index contributed by atoms with van der Waals surface area (Å²) >= 11 is 0.